The van der Waals surface area contributed by atoms with Crippen molar-refractivity contribution < 1.29 is 26.0 Å². The van der Waals surface area contributed by atoms with Crippen molar-refractivity contribution >= 4 is 31.8 Å². The van der Waals surface area contributed by atoms with E-state index >= 15 is 0 Å². The van der Waals surface area contributed by atoms with E-state index in [4.69, 9.17) is 4.42 Å². The van der Waals surface area contributed by atoms with E-state index in [9.17, 15) is 21.6 Å². The minimum Gasteiger partial charge on any atom is -0.403 e. The van der Waals surface area contributed by atoms with E-state index in [1.54, 1.807) is 16.4 Å². The zero-order valence-electron chi connectivity index (χ0n) is 19.3. The molecule has 1 N–H and O–H groups in total. The van der Waals surface area contributed by atoms with Crippen LogP contribution in [0.1, 0.15) is 43.0 Å². The van der Waals surface area contributed by atoms with Crippen LogP contribution >= 0.6 is 0 Å². The molecular weight excluding hydrogens is 492 g/mol. The third kappa shape index (κ3) is 5.29. The molecule has 0 spiro atoms. The molecule has 0 radical (unpaired) electrons. The molecule has 3 aromatic rings. The third-order valence-electron chi connectivity index (χ3n) is 5.93. The monoisotopic (exact) mass is 518 g/mol. The molecule has 2 aromatic carbocycles. The van der Waals surface area contributed by atoms with Crippen LogP contribution in [0.5, 0.6) is 0 Å². The molecule has 1 fully saturated rings. The Bertz CT molecular complexity index is 1430. The average molecular weight is 519 g/mol. The van der Waals surface area contributed by atoms with Crippen molar-refractivity contribution in [1.82, 2.24) is 14.5 Å². The molecule has 1 saturated heterocycles. The lowest BCUT2D eigenvalue weighted by molar-refractivity contribution is 0.102. The number of hydrogen-bond acceptors (Lipinski definition) is 8. The lowest BCUT2D eigenvalue weighted by Gasteiger charge is -2.34. The SMILES string of the molecule is CCC1CCCCN1S(=O)(=O)c1ccc(C(=O)Nc2nnc(-c3ccccc3S(C)(=O)=O)o2)cc1. The van der Waals surface area contributed by atoms with Gasteiger partial charge in [0.05, 0.1) is 15.4 Å². The number of nitrogens with one attached hydrogen (secondary N) is 1. The first kappa shape index (κ1) is 25.0. The number of sulfone groups is 1. The number of sulfonamides is 1. The molecule has 0 bridgehead atoms. The maximum atomic E-state index is 13.1. The van der Waals surface area contributed by atoms with Gasteiger partial charge in [-0.3, -0.25) is 10.1 Å². The van der Waals surface area contributed by atoms with Gasteiger partial charge in [-0.2, -0.15) is 4.31 Å². The van der Waals surface area contributed by atoms with Crippen LogP contribution in [-0.4, -0.2) is 56.1 Å². The summed E-state index contributed by atoms with van der Waals surface area (Å²) >= 11 is 0. The number of hydrogen-bond donors (Lipinski definition) is 1. The summed E-state index contributed by atoms with van der Waals surface area (Å²) in [6.45, 7) is 2.47. The quantitative estimate of drug-likeness (QED) is 0.502. The van der Waals surface area contributed by atoms with Crippen molar-refractivity contribution in [1.29, 1.82) is 0 Å². The molecule has 1 atom stereocenters. The maximum absolute atomic E-state index is 13.1. The molecule has 1 unspecified atom stereocenters. The fourth-order valence-electron chi connectivity index (χ4n) is 4.13. The lowest BCUT2D eigenvalue weighted by Crippen LogP contribution is -2.43. The number of anilines is 1. The van der Waals surface area contributed by atoms with Gasteiger partial charge >= 0.3 is 6.01 Å². The van der Waals surface area contributed by atoms with Crippen LogP contribution in [0, 0.1) is 0 Å². The minimum atomic E-state index is -3.66. The van der Waals surface area contributed by atoms with Crippen LogP contribution in [0.15, 0.2) is 62.7 Å². The summed E-state index contributed by atoms with van der Waals surface area (Å²) in [5.74, 6) is -0.639. The van der Waals surface area contributed by atoms with Gasteiger partial charge in [0.2, 0.25) is 10.0 Å². The summed E-state index contributed by atoms with van der Waals surface area (Å²) in [7, 11) is -7.19. The Morgan fingerprint density at radius 2 is 1.77 bits per heavy atom. The van der Waals surface area contributed by atoms with Gasteiger partial charge < -0.3 is 4.42 Å². The Kier molecular flexibility index (Phi) is 7.06. The Morgan fingerprint density at radius 1 is 1.06 bits per heavy atom. The van der Waals surface area contributed by atoms with E-state index in [-0.39, 0.29) is 38.9 Å². The predicted octanol–water partition coefficient (Wildman–Crippen LogP) is 3.35. The van der Waals surface area contributed by atoms with Gasteiger partial charge in [-0.1, -0.05) is 30.6 Å². The van der Waals surface area contributed by atoms with Crippen LogP contribution in [0.25, 0.3) is 11.5 Å². The van der Waals surface area contributed by atoms with Crippen LogP contribution in [-0.2, 0) is 19.9 Å². The molecule has 1 aliphatic rings. The van der Waals surface area contributed by atoms with Crippen LogP contribution < -0.4 is 5.32 Å². The van der Waals surface area contributed by atoms with Gasteiger partial charge in [0.15, 0.2) is 9.84 Å². The summed E-state index contributed by atoms with van der Waals surface area (Å²) in [4.78, 5) is 12.8. The molecule has 186 valence electrons. The van der Waals surface area contributed by atoms with E-state index in [0.717, 1.165) is 31.9 Å². The van der Waals surface area contributed by atoms with Gasteiger partial charge in [0.1, 0.15) is 0 Å². The Labute approximate surface area is 204 Å². The number of rotatable bonds is 7. The molecule has 0 saturated carbocycles. The van der Waals surface area contributed by atoms with E-state index < -0.39 is 25.8 Å². The number of nitrogens with zero attached hydrogens (tertiary/aromatic N) is 3. The summed E-state index contributed by atoms with van der Waals surface area (Å²) in [5, 5.41) is 10.1. The second kappa shape index (κ2) is 9.88. The zero-order chi connectivity index (χ0) is 25.2. The van der Waals surface area contributed by atoms with Gasteiger partial charge in [0.25, 0.3) is 11.8 Å². The van der Waals surface area contributed by atoms with Crippen molar-refractivity contribution in [2.45, 2.75) is 48.4 Å². The predicted molar refractivity (Wildman–Crippen MR) is 129 cm³/mol. The number of carbonyl (C=O) groups is 1. The van der Waals surface area contributed by atoms with Crippen molar-refractivity contribution in [2.24, 2.45) is 0 Å². The summed E-state index contributed by atoms with van der Waals surface area (Å²) in [6.07, 6.45) is 4.51. The Morgan fingerprint density at radius 3 is 2.46 bits per heavy atom. The lowest BCUT2D eigenvalue weighted by atomic mass is 10.0. The molecule has 35 heavy (non-hydrogen) atoms. The molecule has 0 aliphatic carbocycles. The first-order chi connectivity index (χ1) is 16.6. The van der Waals surface area contributed by atoms with Crippen molar-refractivity contribution in [3.05, 3.63) is 54.1 Å². The topological polar surface area (TPSA) is 140 Å². The summed E-state index contributed by atoms with van der Waals surface area (Å²) in [5.41, 5.74) is 0.423. The highest BCUT2D eigenvalue weighted by atomic mass is 32.2. The van der Waals surface area contributed by atoms with Crippen LogP contribution in [0.3, 0.4) is 0 Å². The largest absolute Gasteiger partial charge is 0.403 e. The summed E-state index contributed by atoms with van der Waals surface area (Å²) in [6, 6.07) is 11.6. The van der Waals surface area contributed by atoms with Crippen LogP contribution in [0.4, 0.5) is 6.01 Å². The molecule has 2 heterocycles. The van der Waals surface area contributed by atoms with E-state index in [0.29, 0.717) is 6.54 Å². The molecule has 1 amide bonds. The van der Waals surface area contributed by atoms with Crippen molar-refractivity contribution in [3.63, 3.8) is 0 Å². The third-order valence-corrected chi connectivity index (χ3v) is 9.05. The van der Waals surface area contributed by atoms with Crippen LogP contribution in [0.2, 0.25) is 0 Å². The van der Waals surface area contributed by atoms with Gasteiger partial charge in [-0.05, 0) is 55.7 Å². The van der Waals surface area contributed by atoms with E-state index in [1.165, 1.54) is 36.4 Å². The molecule has 1 aromatic heterocycles. The molecule has 4 rings (SSSR count). The minimum absolute atomic E-state index is 0.0173. The highest BCUT2D eigenvalue weighted by molar-refractivity contribution is 7.90. The first-order valence-corrected chi connectivity index (χ1v) is 14.5. The number of carbonyl (C=O) groups excluding carboxylic acids is 1. The number of amides is 1. The van der Waals surface area contributed by atoms with E-state index in [2.05, 4.69) is 15.5 Å². The maximum Gasteiger partial charge on any atom is 0.322 e. The first-order valence-electron chi connectivity index (χ1n) is 11.2. The summed E-state index contributed by atoms with van der Waals surface area (Å²) < 4.78 is 57.3. The van der Waals surface area contributed by atoms with Crippen molar-refractivity contribution in [2.75, 3.05) is 18.1 Å². The van der Waals surface area contributed by atoms with E-state index in [1.807, 2.05) is 6.92 Å². The molecular formula is C23H26N4O6S2. The van der Waals surface area contributed by atoms with Crippen molar-refractivity contribution in [3.8, 4) is 11.5 Å². The standard InChI is InChI=1S/C23H26N4O6S2/c1-3-17-8-6-7-15-27(17)35(31,32)18-13-11-16(12-14-18)21(28)24-23-26-25-22(33-23)19-9-4-5-10-20(19)34(2,29)30/h4-5,9-14,17H,3,6-8,15H2,1-2H3,(H,24,26,28). The number of benzene rings is 2. The average Bonchev–Trinajstić information content (AvgIpc) is 3.32. The smallest absolute Gasteiger partial charge is 0.322 e. The highest BCUT2D eigenvalue weighted by Crippen LogP contribution is 2.28. The fraction of sp³-hybridized carbons (Fsp3) is 0.348. The number of aromatic nitrogens is 2. The molecule has 12 heteroatoms. The normalized spacial score (nSPS) is 17.3. The Hall–Kier alpha value is -3.09. The fourth-order valence-corrected chi connectivity index (χ4v) is 6.78. The van der Waals surface area contributed by atoms with Gasteiger partial charge in [-0.25, -0.2) is 16.8 Å². The van der Waals surface area contributed by atoms with Gasteiger partial charge in [-0.15, -0.1) is 5.10 Å². The van der Waals surface area contributed by atoms with Gasteiger partial charge in [0, 0.05) is 24.4 Å². The highest BCUT2D eigenvalue weighted by Gasteiger charge is 2.32. The zero-order valence-corrected chi connectivity index (χ0v) is 21.0. The second-order valence-corrected chi connectivity index (χ2v) is 12.2. The molecule has 1 aliphatic heterocycles. The molecule has 10 nitrogen and oxygen atoms in total. The number of piperidine rings is 1. The second-order valence-electron chi connectivity index (χ2n) is 8.33. The Balaban J connectivity index is 1.50.